The van der Waals surface area contributed by atoms with E-state index in [4.69, 9.17) is 9.47 Å². The van der Waals surface area contributed by atoms with Crippen molar-refractivity contribution in [3.63, 3.8) is 0 Å². The Kier molecular flexibility index (Phi) is 6.76. The van der Waals surface area contributed by atoms with Crippen LogP contribution >= 0.6 is 0 Å². The van der Waals surface area contributed by atoms with E-state index in [2.05, 4.69) is 10.0 Å². The smallest absolute Gasteiger partial charge is 0.265 e. The summed E-state index contributed by atoms with van der Waals surface area (Å²) in [6.07, 6.45) is -0.807. The van der Waals surface area contributed by atoms with Crippen LogP contribution in [0, 0.1) is 5.82 Å². The SMILES string of the molecule is COc1cccc(O[C@H](C)C(=O)Nc2ccc(S(=O)(=O)Nc3ccccc3F)cc2)c1. The first-order valence-corrected chi connectivity index (χ1v) is 10.8. The van der Waals surface area contributed by atoms with Crippen LogP contribution in [-0.2, 0) is 14.8 Å². The number of hydrogen-bond donors (Lipinski definition) is 2. The minimum absolute atomic E-state index is 0.0746. The molecule has 0 aromatic heterocycles. The Hall–Kier alpha value is -3.59. The van der Waals surface area contributed by atoms with Crippen LogP contribution in [0.2, 0.25) is 0 Å². The highest BCUT2D eigenvalue weighted by Gasteiger charge is 2.18. The molecule has 0 saturated heterocycles. The minimum Gasteiger partial charge on any atom is -0.497 e. The van der Waals surface area contributed by atoms with Crippen molar-refractivity contribution >= 4 is 27.3 Å². The molecular formula is C22H21FN2O5S. The molecule has 3 aromatic rings. The Morgan fingerprint density at radius 2 is 1.65 bits per heavy atom. The minimum atomic E-state index is -3.98. The molecule has 0 heterocycles. The lowest BCUT2D eigenvalue weighted by molar-refractivity contribution is -0.122. The average Bonchev–Trinajstić information content (AvgIpc) is 2.75. The van der Waals surface area contributed by atoms with E-state index < -0.39 is 27.9 Å². The summed E-state index contributed by atoms with van der Waals surface area (Å²) in [6.45, 7) is 1.59. The van der Waals surface area contributed by atoms with Gasteiger partial charge in [0.15, 0.2) is 6.10 Å². The lowest BCUT2D eigenvalue weighted by Crippen LogP contribution is -2.30. The van der Waals surface area contributed by atoms with Gasteiger partial charge < -0.3 is 14.8 Å². The first-order valence-electron chi connectivity index (χ1n) is 9.27. The molecule has 0 aliphatic carbocycles. The van der Waals surface area contributed by atoms with Crippen molar-refractivity contribution < 1.29 is 27.1 Å². The van der Waals surface area contributed by atoms with Crippen LogP contribution in [0.15, 0.2) is 77.7 Å². The Labute approximate surface area is 179 Å². The zero-order valence-corrected chi connectivity index (χ0v) is 17.6. The Morgan fingerprint density at radius 3 is 2.32 bits per heavy atom. The second kappa shape index (κ2) is 9.48. The third kappa shape index (κ3) is 5.73. The predicted molar refractivity (Wildman–Crippen MR) is 115 cm³/mol. The van der Waals surface area contributed by atoms with E-state index in [1.54, 1.807) is 31.2 Å². The highest BCUT2D eigenvalue weighted by molar-refractivity contribution is 7.92. The van der Waals surface area contributed by atoms with Gasteiger partial charge in [0.05, 0.1) is 17.7 Å². The summed E-state index contributed by atoms with van der Waals surface area (Å²) in [5.41, 5.74) is 0.235. The van der Waals surface area contributed by atoms with Crippen molar-refractivity contribution in [1.82, 2.24) is 0 Å². The lowest BCUT2D eigenvalue weighted by Gasteiger charge is -2.15. The number of carbonyl (C=O) groups excluding carboxylic acids is 1. The van der Waals surface area contributed by atoms with Crippen molar-refractivity contribution in [2.24, 2.45) is 0 Å². The van der Waals surface area contributed by atoms with Gasteiger partial charge in [0.1, 0.15) is 17.3 Å². The second-order valence-electron chi connectivity index (χ2n) is 6.54. The number of hydrogen-bond acceptors (Lipinski definition) is 5. The molecule has 3 aromatic carbocycles. The maximum absolute atomic E-state index is 13.7. The van der Waals surface area contributed by atoms with Gasteiger partial charge in [-0.1, -0.05) is 18.2 Å². The number of amides is 1. The van der Waals surface area contributed by atoms with Gasteiger partial charge in [-0.05, 0) is 55.5 Å². The zero-order valence-electron chi connectivity index (χ0n) is 16.8. The van der Waals surface area contributed by atoms with Crippen molar-refractivity contribution in [3.8, 4) is 11.5 Å². The number of rotatable bonds is 8. The molecule has 31 heavy (non-hydrogen) atoms. The summed E-state index contributed by atoms with van der Waals surface area (Å²) in [5.74, 6) is -0.0172. The van der Waals surface area contributed by atoms with Gasteiger partial charge in [-0.2, -0.15) is 0 Å². The predicted octanol–water partition coefficient (Wildman–Crippen LogP) is 4.04. The largest absolute Gasteiger partial charge is 0.497 e. The highest BCUT2D eigenvalue weighted by Crippen LogP contribution is 2.22. The summed E-state index contributed by atoms with van der Waals surface area (Å²) in [7, 11) is -2.45. The zero-order chi connectivity index (χ0) is 22.4. The molecule has 162 valence electrons. The first-order chi connectivity index (χ1) is 14.8. The summed E-state index contributed by atoms with van der Waals surface area (Å²) >= 11 is 0. The van der Waals surface area contributed by atoms with Crippen LogP contribution < -0.4 is 19.5 Å². The van der Waals surface area contributed by atoms with Crippen molar-refractivity contribution in [3.05, 3.63) is 78.6 Å². The molecule has 0 radical (unpaired) electrons. The van der Waals surface area contributed by atoms with Gasteiger partial charge in [-0.25, -0.2) is 12.8 Å². The molecule has 0 unspecified atom stereocenters. The second-order valence-corrected chi connectivity index (χ2v) is 8.22. The third-order valence-electron chi connectivity index (χ3n) is 4.27. The fourth-order valence-electron chi connectivity index (χ4n) is 2.64. The molecule has 7 nitrogen and oxygen atoms in total. The molecule has 0 aliphatic heterocycles. The van der Waals surface area contributed by atoms with Crippen LogP contribution in [0.1, 0.15) is 6.92 Å². The number of anilines is 2. The van der Waals surface area contributed by atoms with E-state index in [9.17, 15) is 17.6 Å². The molecule has 3 rings (SSSR count). The Morgan fingerprint density at radius 1 is 0.968 bits per heavy atom. The van der Waals surface area contributed by atoms with E-state index in [1.165, 1.54) is 49.6 Å². The molecule has 0 spiro atoms. The number of ether oxygens (including phenoxy) is 2. The number of benzene rings is 3. The van der Waals surface area contributed by atoms with E-state index in [0.717, 1.165) is 6.07 Å². The molecule has 0 aliphatic rings. The fourth-order valence-corrected chi connectivity index (χ4v) is 3.71. The summed E-state index contributed by atoms with van der Waals surface area (Å²) in [5, 5.41) is 2.66. The molecule has 9 heteroatoms. The van der Waals surface area contributed by atoms with E-state index in [1.807, 2.05) is 0 Å². The van der Waals surface area contributed by atoms with Crippen LogP contribution in [0.5, 0.6) is 11.5 Å². The van der Waals surface area contributed by atoms with Crippen LogP contribution in [-0.4, -0.2) is 27.5 Å². The molecule has 1 atom stereocenters. The van der Waals surface area contributed by atoms with Crippen molar-refractivity contribution in [1.29, 1.82) is 0 Å². The van der Waals surface area contributed by atoms with Gasteiger partial charge in [0.2, 0.25) is 0 Å². The number of carbonyl (C=O) groups is 1. The number of sulfonamides is 1. The maximum atomic E-state index is 13.7. The van der Waals surface area contributed by atoms with Crippen LogP contribution in [0.25, 0.3) is 0 Å². The van der Waals surface area contributed by atoms with Gasteiger partial charge >= 0.3 is 0 Å². The summed E-state index contributed by atoms with van der Waals surface area (Å²) < 4.78 is 51.6. The van der Waals surface area contributed by atoms with Gasteiger partial charge in [-0.15, -0.1) is 0 Å². The van der Waals surface area contributed by atoms with Crippen LogP contribution in [0.4, 0.5) is 15.8 Å². The van der Waals surface area contributed by atoms with Gasteiger partial charge in [0.25, 0.3) is 15.9 Å². The summed E-state index contributed by atoms with van der Waals surface area (Å²) in [6, 6.07) is 17.8. The quantitative estimate of drug-likeness (QED) is 0.547. The average molecular weight is 444 g/mol. The first kappa shape index (κ1) is 22.1. The fraction of sp³-hybridized carbons (Fsp3) is 0.136. The molecule has 0 saturated carbocycles. The highest BCUT2D eigenvalue weighted by atomic mass is 32.2. The van der Waals surface area contributed by atoms with E-state index in [0.29, 0.717) is 17.2 Å². The standard InChI is InChI=1S/C22H21FN2O5S/c1-15(30-18-7-5-6-17(14-18)29-2)22(26)24-16-10-12-19(13-11-16)31(27,28)25-21-9-4-3-8-20(21)23/h3-15,25H,1-2H3,(H,24,26)/t15-/m1/s1. The monoisotopic (exact) mass is 444 g/mol. The van der Waals surface area contributed by atoms with Gasteiger partial charge in [0, 0.05) is 11.8 Å². The van der Waals surface area contributed by atoms with Gasteiger partial charge in [-0.3, -0.25) is 9.52 Å². The normalized spacial score (nSPS) is 12.0. The molecule has 2 N–H and O–H groups in total. The molecule has 0 bridgehead atoms. The molecule has 1 amide bonds. The van der Waals surface area contributed by atoms with E-state index >= 15 is 0 Å². The van der Waals surface area contributed by atoms with E-state index in [-0.39, 0.29) is 10.6 Å². The van der Waals surface area contributed by atoms with Crippen LogP contribution in [0.3, 0.4) is 0 Å². The summed E-state index contributed by atoms with van der Waals surface area (Å²) in [4.78, 5) is 12.3. The lowest BCUT2D eigenvalue weighted by atomic mass is 10.3. The Balaban J connectivity index is 1.64. The number of halogens is 1. The van der Waals surface area contributed by atoms with Crippen molar-refractivity contribution in [2.75, 3.05) is 17.1 Å². The number of para-hydroxylation sites is 1. The third-order valence-corrected chi connectivity index (χ3v) is 5.66. The number of nitrogens with one attached hydrogen (secondary N) is 2. The topological polar surface area (TPSA) is 93.7 Å². The maximum Gasteiger partial charge on any atom is 0.265 e. The molecule has 0 fully saturated rings. The van der Waals surface area contributed by atoms with Crippen molar-refractivity contribution in [2.45, 2.75) is 17.9 Å². The Bertz CT molecular complexity index is 1170. The molecular weight excluding hydrogens is 423 g/mol. The number of methoxy groups -OCH3 is 1.